The average molecular weight is 396 g/mol. The molecule has 144 valence electrons. The molecule has 0 radical (unpaired) electrons. The van der Waals surface area contributed by atoms with Crippen LogP contribution in [0.3, 0.4) is 0 Å². The van der Waals surface area contributed by atoms with Gasteiger partial charge in [-0.05, 0) is 37.3 Å². The second-order valence-corrected chi connectivity index (χ2v) is 7.41. The largest absolute Gasteiger partial charge is 0.349 e. The molecule has 3 aromatic rings. The van der Waals surface area contributed by atoms with Crippen molar-refractivity contribution in [2.75, 3.05) is 10.6 Å². The van der Waals surface area contributed by atoms with E-state index in [9.17, 15) is 14.4 Å². The van der Waals surface area contributed by atoms with Crippen molar-refractivity contribution < 1.29 is 14.4 Å². The van der Waals surface area contributed by atoms with Crippen molar-refractivity contribution in [3.05, 3.63) is 54.1 Å². The molecule has 8 heteroatoms. The summed E-state index contributed by atoms with van der Waals surface area (Å²) in [5, 5.41) is 8.76. The molecular formula is C20H20N4O3S. The van der Waals surface area contributed by atoms with Crippen molar-refractivity contribution >= 4 is 50.1 Å². The summed E-state index contributed by atoms with van der Waals surface area (Å²) in [6, 6.07) is 13.9. The molecule has 0 aliphatic heterocycles. The van der Waals surface area contributed by atoms with Gasteiger partial charge in [0.15, 0.2) is 5.13 Å². The average Bonchev–Trinajstić information content (AvgIpc) is 3.02. The van der Waals surface area contributed by atoms with Crippen LogP contribution in [0.5, 0.6) is 0 Å². The van der Waals surface area contributed by atoms with Crippen LogP contribution in [0.4, 0.5) is 10.8 Å². The molecule has 1 atom stereocenters. The van der Waals surface area contributed by atoms with E-state index >= 15 is 0 Å². The van der Waals surface area contributed by atoms with Crippen LogP contribution >= 0.6 is 11.3 Å². The molecule has 3 rings (SSSR count). The predicted octanol–water partition coefficient (Wildman–Crippen LogP) is 3.40. The lowest BCUT2D eigenvalue weighted by molar-refractivity contribution is -0.116. The van der Waals surface area contributed by atoms with Gasteiger partial charge in [0, 0.05) is 30.6 Å². The predicted molar refractivity (Wildman–Crippen MR) is 111 cm³/mol. The molecule has 2 aromatic carbocycles. The summed E-state index contributed by atoms with van der Waals surface area (Å²) in [5.41, 5.74) is 1.97. The van der Waals surface area contributed by atoms with Gasteiger partial charge >= 0.3 is 0 Å². The van der Waals surface area contributed by atoms with Gasteiger partial charge < -0.3 is 16.0 Å². The highest BCUT2D eigenvalue weighted by Crippen LogP contribution is 2.28. The van der Waals surface area contributed by atoms with Gasteiger partial charge in [0.1, 0.15) is 0 Å². The Hall–Kier alpha value is -3.26. The lowest BCUT2D eigenvalue weighted by atomic mass is 10.1. The van der Waals surface area contributed by atoms with Gasteiger partial charge in [-0.2, -0.15) is 0 Å². The molecule has 28 heavy (non-hydrogen) atoms. The van der Waals surface area contributed by atoms with E-state index in [1.807, 2.05) is 12.1 Å². The summed E-state index contributed by atoms with van der Waals surface area (Å²) < 4.78 is 0.854. The highest BCUT2D eigenvalue weighted by Gasteiger charge is 2.15. The first kappa shape index (κ1) is 19.5. The number of hydrogen-bond donors (Lipinski definition) is 3. The maximum absolute atomic E-state index is 12.3. The van der Waals surface area contributed by atoms with E-state index in [-0.39, 0.29) is 30.2 Å². The minimum Gasteiger partial charge on any atom is -0.349 e. The number of thiazole rings is 1. The molecule has 0 bridgehead atoms. The molecule has 0 aliphatic carbocycles. The first-order chi connectivity index (χ1) is 13.4. The molecule has 0 aliphatic rings. The molecular weight excluding hydrogens is 376 g/mol. The number of carbonyl (C=O) groups excluding carboxylic acids is 3. The summed E-state index contributed by atoms with van der Waals surface area (Å²) in [6.45, 7) is 3.22. The molecule has 3 amide bonds. The van der Waals surface area contributed by atoms with Crippen molar-refractivity contribution in [1.29, 1.82) is 0 Å². The second kappa shape index (κ2) is 8.62. The van der Waals surface area contributed by atoms with E-state index in [1.165, 1.54) is 18.3 Å². The number of hydrogen-bond acceptors (Lipinski definition) is 5. The minimum atomic E-state index is -0.326. The Labute approximate surface area is 166 Å². The molecule has 7 nitrogen and oxygen atoms in total. The third kappa shape index (κ3) is 5.14. The Balaban J connectivity index is 1.58. The first-order valence-electron chi connectivity index (χ1n) is 8.74. The normalized spacial score (nSPS) is 11.6. The van der Waals surface area contributed by atoms with Crippen molar-refractivity contribution in [1.82, 2.24) is 10.3 Å². The van der Waals surface area contributed by atoms with Crippen LogP contribution in [0.15, 0.2) is 48.5 Å². The number of rotatable bonds is 6. The van der Waals surface area contributed by atoms with Crippen LogP contribution in [0.2, 0.25) is 0 Å². The van der Waals surface area contributed by atoms with E-state index < -0.39 is 0 Å². The summed E-state index contributed by atoms with van der Waals surface area (Å²) in [5.74, 6) is -0.600. The highest BCUT2D eigenvalue weighted by molar-refractivity contribution is 7.22. The molecule has 0 spiro atoms. The van der Waals surface area contributed by atoms with Crippen LogP contribution < -0.4 is 16.0 Å². The monoisotopic (exact) mass is 396 g/mol. The van der Waals surface area contributed by atoms with Gasteiger partial charge in [0.2, 0.25) is 11.8 Å². The summed E-state index contributed by atoms with van der Waals surface area (Å²) in [6.07, 6.45) is 0.131. The fraction of sp³-hybridized carbons (Fsp3) is 0.200. The fourth-order valence-corrected chi connectivity index (χ4v) is 3.58. The van der Waals surface area contributed by atoms with Crippen LogP contribution in [-0.4, -0.2) is 28.7 Å². The number of nitrogens with zero attached hydrogens (tertiary/aromatic N) is 1. The van der Waals surface area contributed by atoms with Crippen molar-refractivity contribution in [2.24, 2.45) is 0 Å². The summed E-state index contributed by atoms with van der Waals surface area (Å²) in [4.78, 5) is 39.9. The Morgan fingerprint density at radius 3 is 2.54 bits per heavy atom. The number of fused-ring (bicyclic) bond motifs is 1. The van der Waals surface area contributed by atoms with Crippen molar-refractivity contribution in [2.45, 2.75) is 26.3 Å². The van der Waals surface area contributed by atoms with Crippen LogP contribution in [0.1, 0.15) is 30.6 Å². The van der Waals surface area contributed by atoms with E-state index in [0.29, 0.717) is 16.4 Å². The smallest absolute Gasteiger partial charge is 0.251 e. The minimum absolute atomic E-state index is 0.131. The lowest BCUT2D eigenvalue weighted by Gasteiger charge is -2.13. The second-order valence-electron chi connectivity index (χ2n) is 6.38. The van der Waals surface area contributed by atoms with Crippen LogP contribution in [0, 0.1) is 0 Å². The number of benzene rings is 2. The molecule has 1 heterocycles. The molecule has 1 unspecified atom stereocenters. The topological polar surface area (TPSA) is 100 Å². The molecule has 3 N–H and O–H groups in total. The highest BCUT2D eigenvalue weighted by atomic mass is 32.1. The van der Waals surface area contributed by atoms with E-state index in [4.69, 9.17) is 0 Å². The Bertz CT molecular complexity index is 1020. The third-order valence-corrected chi connectivity index (χ3v) is 4.79. The lowest BCUT2D eigenvalue weighted by Crippen LogP contribution is -2.35. The number of amides is 3. The fourth-order valence-electron chi connectivity index (χ4n) is 2.66. The van der Waals surface area contributed by atoms with Gasteiger partial charge in [-0.1, -0.05) is 29.5 Å². The van der Waals surface area contributed by atoms with Gasteiger partial charge in [-0.15, -0.1) is 0 Å². The number of carbonyl (C=O) groups is 3. The SMILES string of the molecule is CC(=O)Nc1ccc2nc(NC(=O)CC(C)NC(=O)c3ccccc3)sc2c1. The van der Waals surface area contributed by atoms with Gasteiger partial charge in [0.25, 0.3) is 5.91 Å². The number of nitrogens with one attached hydrogen (secondary N) is 3. The quantitative estimate of drug-likeness (QED) is 0.594. The summed E-state index contributed by atoms with van der Waals surface area (Å²) in [7, 11) is 0. The zero-order valence-electron chi connectivity index (χ0n) is 15.5. The van der Waals surface area contributed by atoms with Crippen LogP contribution in [0.25, 0.3) is 10.2 Å². The maximum Gasteiger partial charge on any atom is 0.251 e. The van der Waals surface area contributed by atoms with Crippen LogP contribution in [-0.2, 0) is 9.59 Å². The number of aromatic nitrogens is 1. The molecule has 1 aromatic heterocycles. The van der Waals surface area contributed by atoms with E-state index in [1.54, 1.807) is 43.3 Å². The Morgan fingerprint density at radius 2 is 1.82 bits per heavy atom. The van der Waals surface area contributed by atoms with Gasteiger partial charge in [-0.25, -0.2) is 4.98 Å². The van der Waals surface area contributed by atoms with E-state index in [0.717, 1.165) is 10.2 Å². The number of anilines is 2. The van der Waals surface area contributed by atoms with Crippen molar-refractivity contribution in [3.63, 3.8) is 0 Å². The van der Waals surface area contributed by atoms with Gasteiger partial charge in [-0.3, -0.25) is 14.4 Å². The Kier molecular flexibility index (Phi) is 6.00. The van der Waals surface area contributed by atoms with E-state index in [2.05, 4.69) is 20.9 Å². The standard InChI is InChI=1S/C20H20N4O3S/c1-12(21-19(27)14-6-4-3-5-7-14)10-18(26)24-20-23-16-9-8-15(22-13(2)25)11-17(16)28-20/h3-9,11-12H,10H2,1-2H3,(H,21,27)(H,22,25)(H,23,24,26). The molecule has 0 fully saturated rings. The molecule has 0 saturated carbocycles. The first-order valence-corrected chi connectivity index (χ1v) is 9.56. The zero-order valence-corrected chi connectivity index (χ0v) is 16.3. The Morgan fingerprint density at radius 1 is 1.07 bits per heavy atom. The third-order valence-electron chi connectivity index (χ3n) is 3.86. The maximum atomic E-state index is 12.3. The zero-order chi connectivity index (χ0) is 20.1. The van der Waals surface area contributed by atoms with Gasteiger partial charge in [0.05, 0.1) is 10.2 Å². The van der Waals surface area contributed by atoms with Crippen molar-refractivity contribution in [3.8, 4) is 0 Å². The molecule has 0 saturated heterocycles. The summed E-state index contributed by atoms with van der Waals surface area (Å²) >= 11 is 1.32.